The molecule has 2 nitrogen and oxygen atoms in total. The fourth-order valence-corrected chi connectivity index (χ4v) is 1.93. The summed E-state index contributed by atoms with van der Waals surface area (Å²) in [6, 6.07) is 15.1. The van der Waals surface area contributed by atoms with Gasteiger partial charge in [0.15, 0.2) is 0 Å². The van der Waals surface area contributed by atoms with Gasteiger partial charge in [-0.05, 0) is 36.9 Å². The Balaban J connectivity index is 0.00000180. The monoisotopic (exact) mass is 279 g/mol. The summed E-state index contributed by atoms with van der Waals surface area (Å²) in [5.41, 5.74) is 1.35. The molecule has 0 unspecified atom stereocenters. The quantitative estimate of drug-likeness (QED) is 0.752. The number of benzene rings is 2. The van der Waals surface area contributed by atoms with E-state index in [1.54, 1.807) is 0 Å². The molecule has 0 radical (unpaired) electrons. The molecule has 0 aliphatic heterocycles. The zero-order chi connectivity index (χ0) is 12.8. The van der Waals surface area contributed by atoms with E-state index in [-0.39, 0.29) is 12.4 Å². The third-order valence-electron chi connectivity index (χ3n) is 3.03. The van der Waals surface area contributed by atoms with Gasteiger partial charge in [-0.2, -0.15) is 0 Å². The van der Waals surface area contributed by atoms with Crippen molar-refractivity contribution in [2.24, 2.45) is 0 Å². The van der Waals surface area contributed by atoms with Gasteiger partial charge < -0.3 is 9.64 Å². The van der Waals surface area contributed by atoms with Gasteiger partial charge in [-0.1, -0.05) is 42.5 Å². The highest BCUT2D eigenvalue weighted by atomic mass is 35.5. The summed E-state index contributed by atoms with van der Waals surface area (Å²) in [4.78, 5) is 2.13. The number of halogens is 1. The SMILES string of the molecule is CN(C)CCOCCc1ccc2ccccc2c1.Cl. The van der Waals surface area contributed by atoms with Gasteiger partial charge in [0.1, 0.15) is 0 Å². The van der Waals surface area contributed by atoms with Gasteiger partial charge >= 0.3 is 0 Å². The summed E-state index contributed by atoms with van der Waals surface area (Å²) >= 11 is 0. The van der Waals surface area contributed by atoms with Gasteiger partial charge in [0.05, 0.1) is 13.2 Å². The Morgan fingerprint density at radius 1 is 0.947 bits per heavy atom. The predicted octanol–water partition coefficient (Wildman–Crippen LogP) is 3.38. The van der Waals surface area contributed by atoms with E-state index in [0.717, 1.165) is 26.2 Å². The molecule has 0 spiro atoms. The van der Waals surface area contributed by atoms with E-state index in [4.69, 9.17) is 4.74 Å². The van der Waals surface area contributed by atoms with Crippen molar-refractivity contribution >= 4 is 23.2 Å². The normalized spacial score (nSPS) is 10.7. The van der Waals surface area contributed by atoms with E-state index in [0.29, 0.717) is 0 Å². The number of rotatable bonds is 6. The molecule has 2 aromatic carbocycles. The van der Waals surface area contributed by atoms with E-state index >= 15 is 0 Å². The van der Waals surface area contributed by atoms with E-state index in [9.17, 15) is 0 Å². The van der Waals surface area contributed by atoms with Crippen molar-refractivity contribution in [1.82, 2.24) is 4.90 Å². The number of likely N-dealkylation sites (N-methyl/N-ethyl adjacent to an activating group) is 1. The molecule has 0 saturated heterocycles. The highest BCUT2D eigenvalue weighted by Crippen LogP contribution is 2.15. The number of hydrogen-bond acceptors (Lipinski definition) is 2. The van der Waals surface area contributed by atoms with Crippen molar-refractivity contribution in [2.75, 3.05) is 33.9 Å². The fraction of sp³-hybridized carbons (Fsp3) is 0.375. The van der Waals surface area contributed by atoms with Crippen LogP contribution in [0.1, 0.15) is 5.56 Å². The lowest BCUT2D eigenvalue weighted by Crippen LogP contribution is -2.18. The Hall–Kier alpha value is -1.09. The lowest BCUT2D eigenvalue weighted by molar-refractivity contribution is 0.120. The van der Waals surface area contributed by atoms with E-state index in [1.165, 1.54) is 16.3 Å². The van der Waals surface area contributed by atoms with Crippen LogP contribution in [-0.4, -0.2) is 38.8 Å². The minimum atomic E-state index is 0. The number of ether oxygens (including phenoxy) is 1. The lowest BCUT2D eigenvalue weighted by atomic mass is 10.1. The van der Waals surface area contributed by atoms with Crippen LogP contribution in [0.2, 0.25) is 0 Å². The van der Waals surface area contributed by atoms with E-state index in [1.807, 2.05) is 0 Å². The summed E-state index contributed by atoms with van der Waals surface area (Å²) in [6.07, 6.45) is 0.984. The molecule has 19 heavy (non-hydrogen) atoms. The first-order valence-corrected chi connectivity index (χ1v) is 6.46. The second-order valence-electron chi connectivity index (χ2n) is 4.85. The molecule has 0 heterocycles. The molecule has 104 valence electrons. The Kier molecular flexibility index (Phi) is 6.85. The van der Waals surface area contributed by atoms with Gasteiger partial charge in [0.2, 0.25) is 0 Å². The Labute approximate surface area is 121 Å². The highest BCUT2D eigenvalue weighted by Gasteiger charge is 1.97. The summed E-state index contributed by atoms with van der Waals surface area (Å²) in [7, 11) is 4.12. The zero-order valence-corrected chi connectivity index (χ0v) is 12.5. The van der Waals surface area contributed by atoms with Crippen molar-refractivity contribution in [3.63, 3.8) is 0 Å². The molecule has 0 amide bonds. The van der Waals surface area contributed by atoms with Crippen LogP contribution in [0.15, 0.2) is 42.5 Å². The van der Waals surface area contributed by atoms with Crippen LogP contribution in [0.25, 0.3) is 10.8 Å². The maximum absolute atomic E-state index is 5.62. The lowest BCUT2D eigenvalue weighted by Gasteiger charge is -2.10. The standard InChI is InChI=1S/C16H21NO.ClH/c1-17(2)10-12-18-11-9-14-7-8-15-5-3-4-6-16(15)13-14;/h3-8,13H,9-12H2,1-2H3;1H. The number of nitrogens with zero attached hydrogens (tertiary/aromatic N) is 1. The third kappa shape index (κ3) is 5.19. The van der Waals surface area contributed by atoms with Crippen LogP contribution >= 0.6 is 12.4 Å². The number of hydrogen-bond donors (Lipinski definition) is 0. The summed E-state index contributed by atoms with van der Waals surface area (Å²) in [5, 5.41) is 2.61. The molecule has 0 fully saturated rings. The number of fused-ring (bicyclic) bond motifs is 1. The van der Waals surface area contributed by atoms with Gasteiger partial charge in [0, 0.05) is 6.54 Å². The smallest absolute Gasteiger partial charge is 0.0593 e. The van der Waals surface area contributed by atoms with Crippen LogP contribution < -0.4 is 0 Å². The van der Waals surface area contributed by atoms with Crippen LogP contribution in [0.5, 0.6) is 0 Å². The van der Waals surface area contributed by atoms with Crippen LogP contribution in [0.3, 0.4) is 0 Å². The largest absolute Gasteiger partial charge is 0.380 e. The summed E-state index contributed by atoms with van der Waals surface area (Å²) in [5.74, 6) is 0. The summed E-state index contributed by atoms with van der Waals surface area (Å²) < 4.78 is 5.62. The first-order chi connectivity index (χ1) is 8.75. The van der Waals surface area contributed by atoms with Crippen molar-refractivity contribution in [3.8, 4) is 0 Å². The van der Waals surface area contributed by atoms with E-state index in [2.05, 4.69) is 61.5 Å². The highest BCUT2D eigenvalue weighted by molar-refractivity contribution is 5.85. The molecule has 0 bridgehead atoms. The van der Waals surface area contributed by atoms with Gasteiger partial charge in [-0.3, -0.25) is 0 Å². The fourth-order valence-electron chi connectivity index (χ4n) is 1.93. The molecule has 2 rings (SSSR count). The topological polar surface area (TPSA) is 12.5 Å². The van der Waals surface area contributed by atoms with Crippen molar-refractivity contribution in [1.29, 1.82) is 0 Å². The van der Waals surface area contributed by atoms with Crippen molar-refractivity contribution < 1.29 is 4.74 Å². The minimum absolute atomic E-state index is 0. The molecule has 0 aliphatic rings. The first kappa shape index (κ1) is 16.0. The van der Waals surface area contributed by atoms with Gasteiger partial charge in [-0.25, -0.2) is 0 Å². The van der Waals surface area contributed by atoms with Crippen molar-refractivity contribution in [2.45, 2.75) is 6.42 Å². The Morgan fingerprint density at radius 3 is 2.42 bits per heavy atom. The van der Waals surface area contributed by atoms with Crippen LogP contribution in [0.4, 0.5) is 0 Å². The van der Waals surface area contributed by atoms with E-state index < -0.39 is 0 Å². The van der Waals surface area contributed by atoms with Gasteiger partial charge in [0.25, 0.3) is 0 Å². The maximum atomic E-state index is 5.62. The molecule has 0 saturated carbocycles. The summed E-state index contributed by atoms with van der Waals surface area (Å²) in [6.45, 7) is 2.59. The second kappa shape index (κ2) is 8.16. The molecular weight excluding hydrogens is 258 g/mol. The maximum Gasteiger partial charge on any atom is 0.0593 e. The Morgan fingerprint density at radius 2 is 1.68 bits per heavy atom. The average Bonchev–Trinajstić information content (AvgIpc) is 2.38. The average molecular weight is 280 g/mol. The third-order valence-corrected chi connectivity index (χ3v) is 3.03. The first-order valence-electron chi connectivity index (χ1n) is 6.46. The second-order valence-corrected chi connectivity index (χ2v) is 4.85. The zero-order valence-electron chi connectivity index (χ0n) is 11.6. The molecule has 2 aromatic rings. The molecule has 0 aliphatic carbocycles. The predicted molar refractivity (Wildman–Crippen MR) is 84.3 cm³/mol. The molecule has 0 N–H and O–H groups in total. The molecule has 0 atom stereocenters. The van der Waals surface area contributed by atoms with Gasteiger partial charge in [-0.15, -0.1) is 12.4 Å². The van der Waals surface area contributed by atoms with Crippen molar-refractivity contribution in [3.05, 3.63) is 48.0 Å². The Bertz CT molecular complexity index is 499. The molecule has 3 heteroatoms. The molecular formula is C16H22ClNO. The van der Waals surface area contributed by atoms with Crippen LogP contribution in [0, 0.1) is 0 Å². The van der Waals surface area contributed by atoms with Crippen LogP contribution in [-0.2, 0) is 11.2 Å². The minimum Gasteiger partial charge on any atom is -0.380 e. The molecule has 0 aromatic heterocycles.